The van der Waals surface area contributed by atoms with E-state index in [9.17, 15) is 9.59 Å². The normalized spacial score (nSPS) is 8.71. The van der Waals surface area contributed by atoms with Crippen LogP contribution in [0.25, 0.3) is 0 Å². The van der Waals surface area contributed by atoms with E-state index >= 15 is 0 Å². The molecule has 1 aromatic rings. The van der Waals surface area contributed by atoms with Gasteiger partial charge in [-0.05, 0) is 12.1 Å². The Morgan fingerprint density at radius 1 is 1.18 bits per heavy atom. The van der Waals surface area contributed by atoms with Gasteiger partial charge in [-0.25, -0.2) is 4.79 Å². The van der Waals surface area contributed by atoms with Crippen LogP contribution in [0.5, 0.6) is 0 Å². The van der Waals surface area contributed by atoms with Crippen molar-refractivity contribution in [3.8, 4) is 0 Å². The Balaban J connectivity index is 0.00000121. The molecule has 0 heterocycles. The molecule has 0 saturated carbocycles. The molecule has 94 valence electrons. The van der Waals surface area contributed by atoms with E-state index in [1.807, 2.05) is 32.0 Å². The minimum Gasteiger partial charge on any atom is -0.330 e. The molecule has 0 bridgehead atoms. The smallest absolute Gasteiger partial charge is 0.324 e. The maximum absolute atomic E-state index is 11.7. The predicted molar refractivity (Wildman–Crippen MR) is 70.3 cm³/mol. The Labute approximate surface area is 103 Å². The number of benzene rings is 1. The number of anilines is 1. The van der Waals surface area contributed by atoms with Crippen molar-refractivity contribution in [2.75, 3.05) is 25.5 Å². The predicted octanol–water partition coefficient (Wildman–Crippen LogP) is 2.40. The zero-order chi connectivity index (χ0) is 13.3. The van der Waals surface area contributed by atoms with Gasteiger partial charge in [0, 0.05) is 19.8 Å². The quantitative estimate of drug-likeness (QED) is 0.756. The van der Waals surface area contributed by atoms with Crippen molar-refractivity contribution >= 4 is 18.0 Å². The van der Waals surface area contributed by atoms with Crippen LogP contribution in [0.15, 0.2) is 30.3 Å². The third kappa shape index (κ3) is 4.68. The van der Waals surface area contributed by atoms with Gasteiger partial charge in [0.1, 0.15) is 6.29 Å². The van der Waals surface area contributed by atoms with Crippen molar-refractivity contribution in [3.05, 3.63) is 30.3 Å². The van der Waals surface area contributed by atoms with E-state index in [-0.39, 0.29) is 12.6 Å². The van der Waals surface area contributed by atoms with Crippen molar-refractivity contribution in [3.63, 3.8) is 0 Å². The molecule has 0 saturated heterocycles. The average Bonchev–Trinajstić information content (AvgIpc) is 2.38. The van der Waals surface area contributed by atoms with Crippen LogP contribution >= 0.6 is 0 Å². The van der Waals surface area contributed by atoms with Gasteiger partial charge in [-0.15, -0.1) is 0 Å². The Morgan fingerprint density at radius 2 is 1.71 bits per heavy atom. The SMILES string of the molecule is CC.CN(C)C(=O)N(CC=O)c1ccccc1. The lowest BCUT2D eigenvalue weighted by Crippen LogP contribution is -2.40. The first-order valence-corrected chi connectivity index (χ1v) is 5.64. The van der Waals surface area contributed by atoms with Gasteiger partial charge < -0.3 is 9.69 Å². The van der Waals surface area contributed by atoms with Gasteiger partial charge in [0.2, 0.25) is 0 Å². The van der Waals surface area contributed by atoms with Crippen molar-refractivity contribution in [2.24, 2.45) is 0 Å². The van der Waals surface area contributed by atoms with Crippen LogP contribution in [0.3, 0.4) is 0 Å². The van der Waals surface area contributed by atoms with E-state index in [2.05, 4.69) is 0 Å². The molecule has 4 heteroatoms. The molecule has 0 aliphatic heterocycles. The number of carbonyl (C=O) groups is 2. The fourth-order valence-electron chi connectivity index (χ4n) is 1.22. The fourth-order valence-corrected chi connectivity index (χ4v) is 1.22. The fraction of sp³-hybridized carbons (Fsp3) is 0.385. The lowest BCUT2D eigenvalue weighted by molar-refractivity contribution is -0.106. The Hall–Kier alpha value is -1.84. The van der Waals surface area contributed by atoms with Gasteiger partial charge in [0.05, 0.1) is 6.54 Å². The minimum atomic E-state index is -0.201. The van der Waals surface area contributed by atoms with Gasteiger partial charge in [-0.3, -0.25) is 4.90 Å². The van der Waals surface area contributed by atoms with E-state index in [4.69, 9.17) is 0 Å². The van der Waals surface area contributed by atoms with Crippen molar-refractivity contribution in [1.29, 1.82) is 0 Å². The van der Waals surface area contributed by atoms with Crippen LogP contribution < -0.4 is 4.90 Å². The molecule has 0 fully saturated rings. The summed E-state index contributed by atoms with van der Waals surface area (Å²) in [6.45, 7) is 4.07. The van der Waals surface area contributed by atoms with Crippen molar-refractivity contribution < 1.29 is 9.59 Å². The van der Waals surface area contributed by atoms with Crippen molar-refractivity contribution in [1.82, 2.24) is 4.90 Å². The number of aldehydes is 1. The Kier molecular flexibility index (Phi) is 7.43. The first-order valence-electron chi connectivity index (χ1n) is 5.64. The number of para-hydroxylation sites is 1. The second kappa shape index (κ2) is 8.33. The molecule has 0 radical (unpaired) electrons. The Morgan fingerprint density at radius 3 is 2.12 bits per heavy atom. The van der Waals surface area contributed by atoms with Crippen molar-refractivity contribution in [2.45, 2.75) is 13.8 Å². The standard InChI is InChI=1S/C11H14N2O2.C2H6/c1-12(2)11(15)13(8-9-14)10-6-4-3-5-7-10;1-2/h3-7,9H,8H2,1-2H3;1-2H3. The molecule has 1 rings (SSSR count). The van der Waals surface area contributed by atoms with Crippen LogP contribution in [-0.2, 0) is 4.79 Å². The summed E-state index contributed by atoms with van der Waals surface area (Å²) in [7, 11) is 3.31. The number of rotatable bonds is 3. The lowest BCUT2D eigenvalue weighted by Gasteiger charge is -2.24. The summed E-state index contributed by atoms with van der Waals surface area (Å²) >= 11 is 0. The highest BCUT2D eigenvalue weighted by Gasteiger charge is 2.16. The first kappa shape index (κ1) is 15.2. The van der Waals surface area contributed by atoms with Gasteiger partial charge in [-0.2, -0.15) is 0 Å². The van der Waals surface area contributed by atoms with Gasteiger partial charge in [-0.1, -0.05) is 32.0 Å². The lowest BCUT2D eigenvalue weighted by atomic mass is 10.3. The summed E-state index contributed by atoms with van der Waals surface area (Å²) < 4.78 is 0. The molecule has 0 aliphatic rings. The average molecular weight is 236 g/mol. The molecular weight excluding hydrogens is 216 g/mol. The molecule has 0 aliphatic carbocycles. The molecule has 0 unspecified atom stereocenters. The number of hydrogen-bond donors (Lipinski definition) is 0. The van der Waals surface area contributed by atoms with Gasteiger partial charge in [0.25, 0.3) is 0 Å². The van der Waals surface area contributed by atoms with Crippen LogP contribution in [-0.4, -0.2) is 37.9 Å². The summed E-state index contributed by atoms with van der Waals surface area (Å²) in [6, 6.07) is 8.92. The molecule has 0 atom stereocenters. The van der Waals surface area contributed by atoms with Gasteiger partial charge >= 0.3 is 6.03 Å². The Bertz CT molecular complexity index is 337. The number of carbonyl (C=O) groups excluding carboxylic acids is 2. The van der Waals surface area contributed by atoms with E-state index in [1.165, 1.54) is 9.80 Å². The van der Waals surface area contributed by atoms with E-state index in [1.54, 1.807) is 26.2 Å². The maximum Gasteiger partial charge on any atom is 0.324 e. The monoisotopic (exact) mass is 236 g/mol. The van der Waals surface area contributed by atoms with Crippen LogP contribution in [0, 0.1) is 0 Å². The highest BCUT2D eigenvalue weighted by Crippen LogP contribution is 2.13. The topological polar surface area (TPSA) is 40.6 Å². The summed E-state index contributed by atoms with van der Waals surface area (Å²) in [4.78, 5) is 25.1. The van der Waals surface area contributed by atoms with Gasteiger partial charge in [0.15, 0.2) is 0 Å². The van der Waals surface area contributed by atoms with E-state index < -0.39 is 0 Å². The summed E-state index contributed by atoms with van der Waals surface area (Å²) in [6.07, 6.45) is 0.717. The van der Waals surface area contributed by atoms with Crippen LogP contribution in [0.2, 0.25) is 0 Å². The highest BCUT2D eigenvalue weighted by atomic mass is 16.2. The number of amides is 2. The van der Waals surface area contributed by atoms with Crippen LogP contribution in [0.4, 0.5) is 10.5 Å². The molecule has 0 spiro atoms. The number of hydrogen-bond acceptors (Lipinski definition) is 2. The van der Waals surface area contributed by atoms with Crippen LogP contribution in [0.1, 0.15) is 13.8 Å². The van der Waals surface area contributed by atoms with E-state index in [0.717, 1.165) is 5.69 Å². The third-order valence-corrected chi connectivity index (χ3v) is 1.94. The highest BCUT2D eigenvalue weighted by molar-refractivity contribution is 5.94. The number of nitrogens with zero attached hydrogens (tertiary/aromatic N) is 2. The summed E-state index contributed by atoms with van der Waals surface area (Å²) in [5.74, 6) is 0. The second-order valence-electron chi connectivity index (χ2n) is 3.29. The maximum atomic E-state index is 11.7. The summed E-state index contributed by atoms with van der Waals surface area (Å²) in [5, 5.41) is 0. The molecule has 0 N–H and O–H groups in total. The molecular formula is C13H20N2O2. The second-order valence-corrected chi connectivity index (χ2v) is 3.29. The number of urea groups is 1. The molecule has 4 nitrogen and oxygen atoms in total. The van der Waals surface area contributed by atoms with E-state index in [0.29, 0.717) is 6.29 Å². The molecule has 0 aromatic heterocycles. The summed E-state index contributed by atoms with van der Waals surface area (Å²) in [5.41, 5.74) is 0.725. The largest absolute Gasteiger partial charge is 0.330 e. The molecule has 17 heavy (non-hydrogen) atoms. The minimum absolute atomic E-state index is 0.0705. The molecule has 1 aromatic carbocycles. The zero-order valence-corrected chi connectivity index (χ0v) is 10.9. The zero-order valence-electron chi connectivity index (χ0n) is 10.9. The third-order valence-electron chi connectivity index (χ3n) is 1.94. The first-order chi connectivity index (χ1) is 8.16. The molecule has 2 amide bonds.